The summed E-state index contributed by atoms with van der Waals surface area (Å²) in [5.41, 5.74) is 2.96. The van der Waals surface area contributed by atoms with Gasteiger partial charge in [-0.15, -0.1) is 0 Å². The van der Waals surface area contributed by atoms with Crippen LogP contribution in [0.5, 0.6) is 0 Å². The monoisotopic (exact) mass is 583 g/mol. The molecule has 0 unspecified atom stereocenters. The maximum absolute atomic E-state index is 12.6. The molecule has 3 heterocycles. The molecule has 5 nitrogen and oxygen atoms in total. The van der Waals surface area contributed by atoms with Gasteiger partial charge in [-0.2, -0.15) is 0 Å². The first-order valence-corrected chi connectivity index (χ1v) is 14.1. The highest BCUT2D eigenvalue weighted by Crippen LogP contribution is 2.48. The molecule has 0 bridgehead atoms. The van der Waals surface area contributed by atoms with Gasteiger partial charge in [0.25, 0.3) is 0 Å². The zero-order chi connectivity index (χ0) is 25.2. The number of anilines is 2. The van der Waals surface area contributed by atoms with Crippen LogP contribution >= 0.6 is 11.8 Å². The summed E-state index contributed by atoms with van der Waals surface area (Å²) in [4.78, 5) is 19.5. The number of nitrogens with zero attached hydrogens (tertiary/aromatic N) is 3. The number of carbonyl (C=O) groups is 1. The van der Waals surface area contributed by atoms with Gasteiger partial charge in [0.1, 0.15) is 0 Å². The minimum absolute atomic E-state index is 0. The highest BCUT2D eigenvalue weighted by molar-refractivity contribution is 7.99. The lowest BCUT2D eigenvalue weighted by Gasteiger charge is -2.46. The third-order valence-electron chi connectivity index (χ3n) is 8.13. The van der Waals surface area contributed by atoms with Crippen LogP contribution in [0.4, 0.5) is 16.2 Å². The number of ether oxygens (including phenoxy) is 1. The van der Waals surface area contributed by atoms with E-state index in [0.29, 0.717) is 6.54 Å². The molecule has 2 aromatic rings. The summed E-state index contributed by atoms with van der Waals surface area (Å²) in [6.45, 7) is 16.2. The summed E-state index contributed by atoms with van der Waals surface area (Å²) in [6.07, 6.45) is 6.62. The van der Waals surface area contributed by atoms with Crippen molar-refractivity contribution in [3.8, 4) is 0 Å². The molecule has 5 rings (SSSR count). The molecule has 0 aliphatic carbocycles. The molecule has 0 aromatic heterocycles. The van der Waals surface area contributed by atoms with Crippen molar-refractivity contribution in [2.45, 2.75) is 54.4 Å². The Bertz CT molecular complexity index is 1100. The quantitative estimate of drug-likeness (QED) is 0.330. The fourth-order valence-electron chi connectivity index (χ4n) is 6.00. The number of quaternary nitrogens is 1. The Morgan fingerprint density at radius 2 is 1.59 bits per heavy atom. The van der Waals surface area contributed by atoms with Gasteiger partial charge in [0.2, 0.25) is 0 Å². The SMILES string of the molecule is C=CC[N+]1(CCCN2c3ccccc3Sc3ccccc32)CCC2(CC1)OC(=O)N(CCCC)C2=C.[Br-]. The van der Waals surface area contributed by atoms with E-state index in [4.69, 9.17) is 4.74 Å². The number of hydrogen-bond donors (Lipinski definition) is 0. The van der Waals surface area contributed by atoms with Crippen LogP contribution in [0.1, 0.15) is 39.0 Å². The lowest BCUT2D eigenvalue weighted by atomic mass is 9.86. The minimum atomic E-state index is -0.518. The summed E-state index contributed by atoms with van der Waals surface area (Å²) in [5, 5.41) is 0. The smallest absolute Gasteiger partial charge is 0.415 e. The maximum atomic E-state index is 12.6. The molecule has 7 heteroatoms. The average Bonchev–Trinajstić information content (AvgIpc) is 3.12. The summed E-state index contributed by atoms with van der Waals surface area (Å²) in [6, 6.07) is 17.4. The van der Waals surface area contributed by atoms with Crippen LogP contribution in [0.3, 0.4) is 0 Å². The number of likely N-dealkylation sites (tertiary alicyclic amines) is 1. The molecule has 0 saturated carbocycles. The number of hydrogen-bond acceptors (Lipinski definition) is 4. The zero-order valence-electron chi connectivity index (χ0n) is 21.8. The van der Waals surface area contributed by atoms with Crippen molar-refractivity contribution in [1.82, 2.24) is 4.90 Å². The van der Waals surface area contributed by atoms with Crippen LogP contribution in [0.2, 0.25) is 0 Å². The van der Waals surface area contributed by atoms with Crippen molar-refractivity contribution < 1.29 is 31.0 Å². The van der Waals surface area contributed by atoms with Crippen LogP contribution < -0.4 is 21.9 Å². The van der Waals surface area contributed by atoms with Crippen molar-refractivity contribution in [3.05, 3.63) is 73.5 Å². The number of rotatable bonds is 9. The molecule has 2 saturated heterocycles. The summed E-state index contributed by atoms with van der Waals surface area (Å²) < 4.78 is 7.00. The van der Waals surface area contributed by atoms with E-state index < -0.39 is 5.60 Å². The van der Waals surface area contributed by atoms with Crippen molar-refractivity contribution >= 4 is 29.2 Å². The van der Waals surface area contributed by atoms with Gasteiger partial charge < -0.3 is 31.1 Å². The molecule has 3 aliphatic rings. The summed E-state index contributed by atoms with van der Waals surface area (Å²) in [5.74, 6) is 0. The first-order valence-electron chi connectivity index (χ1n) is 13.3. The highest BCUT2D eigenvalue weighted by atomic mass is 79.9. The largest absolute Gasteiger partial charge is 1.00 e. The van der Waals surface area contributed by atoms with E-state index in [9.17, 15) is 4.79 Å². The van der Waals surface area contributed by atoms with Crippen LogP contribution in [0.15, 0.2) is 83.3 Å². The fraction of sp³-hybridized carbons (Fsp3) is 0.433. The topological polar surface area (TPSA) is 32.8 Å². The molecule has 1 spiro atoms. The number of fused-ring (bicyclic) bond motifs is 2. The minimum Gasteiger partial charge on any atom is -1.00 e. The van der Waals surface area contributed by atoms with Gasteiger partial charge in [-0.3, -0.25) is 4.90 Å². The van der Waals surface area contributed by atoms with E-state index in [1.165, 1.54) is 21.2 Å². The summed E-state index contributed by atoms with van der Waals surface area (Å²) >= 11 is 1.86. The van der Waals surface area contributed by atoms with Gasteiger partial charge in [-0.25, -0.2) is 4.79 Å². The van der Waals surface area contributed by atoms with Gasteiger partial charge in [-0.05, 0) is 36.8 Å². The number of benzene rings is 2. The van der Waals surface area contributed by atoms with Crippen molar-refractivity contribution in [1.29, 1.82) is 0 Å². The Morgan fingerprint density at radius 1 is 1.00 bits per heavy atom. The maximum Gasteiger partial charge on any atom is 0.415 e. The molecule has 0 atom stereocenters. The number of unbranched alkanes of at least 4 members (excludes halogenated alkanes) is 1. The molecular formula is C30H38BrN3O2S. The second-order valence-corrected chi connectivity index (χ2v) is 11.4. The fourth-order valence-corrected chi connectivity index (χ4v) is 7.10. The number of piperidine rings is 1. The predicted molar refractivity (Wildman–Crippen MR) is 148 cm³/mol. The predicted octanol–water partition coefficient (Wildman–Crippen LogP) is 3.98. The molecule has 2 aromatic carbocycles. The zero-order valence-corrected chi connectivity index (χ0v) is 24.2. The number of amides is 1. The molecule has 0 radical (unpaired) electrons. The van der Waals surface area contributed by atoms with Crippen molar-refractivity contribution in [2.75, 3.05) is 44.2 Å². The molecule has 2 fully saturated rings. The molecule has 198 valence electrons. The van der Waals surface area contributed by atoms with Crippen molar-refractivity contribution in [3.63, 3.8) is 0 Å². The summed E-state index contributed by atoms with van der Waals surface area (Å²) in [7, 11) is 0. The highest BCUT2D eigenvalue weighted by Gasteiger charge is 2.53. The third kappa shape index (κ3) is 5.36. The van der Waals surface area contributed by atoms with Crippen LogP contribution in [0.25, 0.3) is 0 Å². The van der Waals surface area contributed by atoms with E-state index in [-0.39, 0.29) is 23.1 Å². The number of carbonyl (C=O) groups excluding carboxylic acids is 1. The number of para-hydroxylation sites is 2. The Labute approximate surface area is 236 Å². The first kappa shape index (κ1) is 27.8. The van der Waals surface area contributed by atoms with Crippen LogP contribution in [-0.4, -0.2) is 60.3 Å². The van der Waals surface area contributed by atoms with E-state index in [2.05, 4.69) is 79.6 Å². The van der Waals surface area contributed by atoms with E-state index in [1.54, 1.807) is 4.90 Å². The van der Waals surface area contributed by atoms with Gasteiger partial charge in [0.05, 0.1) is 43.3 Å². The average molecular weight is 585 g/mol. The molecule has 1 amide bonds. The van der Waals surface area contributed by atoms with E-state index >= 15 is 0 Å². The van der Waals surface area contributed by atoms with Crippen LogP contribution in [0, 0.1) is 0 Å². The number of halogens is 1. The van der Waals surface area contributed by atoms with E-state index in [1.807, 2.05) is 11.8 Å². The normalized spacial score (nSPS) is 24.4. The Hall–Kier alpha value is -2.22. The van der Waals surface area contributed by atoms with Crippen molar-refractivity contribution in [2.24, 2.45) is 0 Å². The molecule has 0 N–H and O–H groups in total. The lowest BCUT2D eigenvalue weighted by molar-refractivity contribution is -0.929. The van der Waals surface area contributed by atoms with Gasteiger partial charge in [-0.1, -0.05) is 62.5 Å². The molecular weight excluding hydrogens is 546 g/mol. The standard InChI is InChI=1S/C30H38N3O2S.BrH/c1-4-6-18-31-24(3)30(35-29(31)34)16-22-33(20-5-2,23-17-30)21-11-19-32-25-12-7-9-14-27(25)36-28-15-10-8-13-26(28)32;/h5,7-10,12-15H,2-4,6,11,16-23H2,1H3;1H/q+1;/p-1. The molecule has 37 heavy (non-hydrogen) atoms. The van der Waals surface area contributed by atoms with Crippen LogP contribution in [-0.2, 0) is 4.74 Å². The second-order valence-electron chi connectivity index (χ2n) is 10.3. The van der Waals surface area contributed by atoms with Gasteiger partial charge >= 0.3 is 6.09 Å². The lowest BCUT2D eigenvalue weighted by Crippen LogP contribution is -3.00. The first-order chi connectivity index (χ1) is 17.5. The molecule has 3 aliphatic heterocycles. The van der Waals surface area contributed by atoms with E-state index in [0.717, 1.165) is 75.0 Å². The van der Waals surface area contributed by atoms with Gasteiger partial charge in [0.15, 0.2) is 5.60 Å². The Kier molecular flexibility index (Phi) is 8.77. The second kappa shape index (κ2) is 11.7. The van der Waals surface area contributed by atoms with Gasteiger partial charge in [0, 0.05) is 42.1 Å². The Morgan fingerprint density at radius 3 is 2.19 bits per heavy atom. The Balaban J connectivity index is 0.00000320. The third-order valence-corrected chi connectivity index (χ3v) is 9.26.